The van der Waals surface area contributed by atoms with Gasteiger partial charge in [0.1, 0.15) is 0 Å². The van der Waals surface area contributed by atoms with Crippen molar-refractivity contribution >= 4 is 35.1 Å². The van der Waals surface area contributed by atoms with E-state index >= 15 is 0 Å². The molecule has 0 saturated carbocycles. The van der Waals surface area contributed by atoms with E-state index in [4.69, 9.17) is 27.9 Å². The molecular formula is C14H8Cl2O3. The first kappa shape index (κ1) is 13.6. The van der Waals surface area contributed by atoms with Crippen LogP contribution in [0.25, 0.3) is 0 Å². The molecule has 0 aliphatic heterocycles. The van der Waals surface area contributed by atoms with Crippen LogP contribution in [0.3, 0.4) is 0 Å². The third kappa shape index (κ3) is 3.56. The van der Waals surface area contributed by atoms with E-state index in [1.54, 1.807) is 30.3 Å². The normalized spacial score (nSPS) is 10.0. The lowest BCUT2D eigenvalue weighted by molar-refractivity contribution is 0.0398. The summed E-state index contributed by atoms with van der Waals surface area (Å²) in [5, 5.41) is 0.596. The minimum atomic E-state index is -0.793. The summed E-state index contributed by atoms with van der Waals surface area (Å²) in [4.78, 5) is 23.5. The number of carbonyl (C=O) groups is 2. The predicted octanol–water partition coefficient (Wildman–Crippen LogP) is 3.99. The summed E-state index contributed by atoms with van der Waals surface area (Å²) in [6, 6.07) is 12.5. The van der Waals surface area contributed by atoms with Gasteiger partial charge in [0.25, 0.3) is 0 Å². The second-order valence-electron chi connectivity index (χ2n) is 3.70. The van der Waals surface area contributed by atoms with E-state index in [9.17, 15) is 9.59 Å². The quantitative estimate of drug-likeness (QED) is 0.621. The molecule has 2 aromatic carbocycles. The van der Waals surface area contributed by atoms with Gasteiger partial charge < -0.3 is 4.74 Å². The summed E-state index contributed by atoms with van der Waals surface area (Å²) in [6.45, 7) is 0. The molecule has 0 fully saturated rings. The van der Waals surface area contributed by atoms with E-state index in [1.165, 1.54) is 18.2 Å². The second-order valence-corrected chi connectivity index (χ2v) is 4.57. The Balaban J connectivity index is 2.15. The van der Waals surface area contributed by atoms with Crippen molar-refractivity contribution in [1.82, 2.24) is 0 Å². The molecular weight excluding hydrogens is 287 g/mol. The Kier molecular flexibility index (Phi) is 4.20. The van der Waals surface area contributed by atoms with E-state index in [2.05, 4.69) is 0 Å². The number of hydrogen-bond donors (Lipinski definition) is 0. The Bertz CT molecular complexity index is 604. The lowest BCUT2D eigenvalue weighted by Gasteiger charge is -2.04. The highest BCUT2D eigenvalue weighted by atomic mass is 35.5. The largest absolute Gasteiger partial charge is 0.386 e. The van der Waals surface area contributed by atoms with Gasteiger partial charge in [-0.15, -0.1) is 0 Å². The lowest BCUT2D eigenvalue weighted by Crippen LogP contribution is -2.12. The first-order valence-electron chi connectivity index (χ1n) is 5.34. The molecule has 2 aromatic rings. The van der Waals surface area contributed by atoms with Gasteiger partial charge in [0.15, 0.2) is 0 Å². The van der Waals surface area contributed by atoms with Crippen LogP contribution in [0.5, 0.6) is 0 Å². The van der Waals surface area contributed by atoms with Crippen LogP contribution in [0.4, 0.5) is 0 Å². The van der Waals surface area contributed by atoms with E-state index < -0.39 is 11.9 Å². The van der Waals surface area contributed by atoms with Crippen molar-refractivity contribution in [3.05, 3.63) is 69.7 Å². The van der Waals surface area contributed by atoms with E-state index in [0.29, 0.717) is 15.6 Å². The first-order chi connectivity index (χ1) is 9.06. The molecule has 0 saturated heterocycles. The number of ether oxygens (including phenoxy) is 1. The van der Waals surface area contributed by atoms with Crippen LogP contribution in [-0.4, -0.2) is 11.9 Å². The molecule has 2 rings (SSSR count). The van der Waals surface area contributed by atoms with Crippen LogP contribution in [0.15, 0.2) is 48.5 Å². The highest BCUT2D eigenvalue weighted by Crippen LogP contribution is 2.20. The minimum absolute atomic E-state index is 0.127. The first-order valence-corrected chi connectivity index (χ1v) is 6.09. The predicted molar refractivity (Wildman–Crippen MR) is 72.7 cm³/mol. The number of benzene rings is 2. The molecule has 96 valence electrons. The fraction of sp³-hybridized carbons (Fsp3) is 0. The molecule has 0 heterocycles. The van der Waals surface area contributed by atoms with E-state index in [-0.39, 0.29) is 5.56 Å². The van der Waals surface area contributed by atoms with E-state index in [1.807, 2.05) is 0 Å². The molecule has 0 aromatic heterocycles. The number of carbonyl (C=O) groups excluding carboxylic acids is 2. The van der Waals surface area contributed by atoms with Crippen LogP contribution >= 0.6 is 23.2 Å². The van der Waals surface area contributed by atoms with Gasteiger partial charge >= 0.3 is 11.9 Å². The number of halogens is 2. The van der Waals surface area contributed by atoms with Crippen LogP contribution in [0, 0.1) is 0 Å². The molecule has 19 heavy (non-hydrogen) atoms. The van der Waals surface area contributed by atoms with Gasteiger partial charge in [0.2, 0.25) is 0 Å². The summed E-state index contributed by atoms with van der Waals surface area (Å²) in [5.41, 5.74) is 0.422. The topological polar surface area (TPSA) is 43.4 Å². The van der Waals surface area contributed by atoms with Gasteiger partial charge in [-0.25, -0.2) is 9.59 Å². The highest BCUT2D eigenvalue weighted by Gasteiger charge is 2.15. The molecule has 0 bridgehead atoms. The molecule has 0 aliphatic carbocycles. The third-order valence-electron chi connectivity index (χ3n) is 2.29. The Hall–Kier alpha value is -1.84. The number of hydrogen-bond acceptors (Lipinski definition) is 3. The fourth-order valence-corrected chi connectivity index (χ4v) is 1.97. The molecule has 0 radical (unpaired) electrons. The summed E-state index contributed by atoms with van der Waals surface area (Å²) in [5.74, 6) is -1.51. The van der Waals surface area contributed by atoms with Crippen molar-refractivity contribution in [2.24, 2.45) is 0 Å². The molecule has 0 spiro atoms. The summed E-state index contributed by atoms with van der Waals surface area (Å²) >= 11 is 11.5. The third-order valence-corrected chi connectivity index (χ3v) is 2.73. The summed E-state index contributed by atoms with van der Waals surface area (Å²) in [6.07, 6.45) is 0. The minimum Gasteiger partial charge on any atom is -0.386 e. The molecule has 0 unspecified atom stereocenters. The molecule has 5 heteroatoms. The molecule has 0 atom stereocenters. The van der Waals surface area contributed by atoms with Gasteiger partial charge in [-0.2, -0.15) is 0 Å². The molecule has 0 aliphatic rings. The average molecular weight is 295 g/mol. The Labute approximate surface area is 119 Å². The Morgan fingerprint density at radius 3 is 1.89 bits per heavy atom. The smallest absolute Gasteiger partial charge is 0.346 e. The maximum absolute atomic E-state index is 11.8. The summed E-state index contributed by atoms with van der Waals surface area (Å²) < 4.78 is 4.74. The number of esters is 2. The van der Waals surface area contributed by atoms with Gasteiger partial charge in [-0.05, 0) is 30.3 Å². The highest BCUT2D eigenvalue weighted by molar-refractivity contribution is 6.35. The maximum atomic E-state index is 11.8. The second kappa shape index (κ2) is 5.87. The SMILES string of the molecule is O=C(OC(=O)c1cc(Cl)cc(Cl)c1)c1ccccc1. The van der Waals surface area contributed by atoms with E-state index in [0.717, 1.165) is 0 Å². The van der Waals surface area contributed by atoms with Gasteiger partial charge in [-0.3, -0.25) is 0 Å². The van der Waals surface area contributed by atoms with Crippen molar-refractivity contribution < 1.29 is 14.3 Å². The van der Waals surface area contributed by atoms with Gasteiger partial charge in [0, 0.05) is 10.0 Å². The van der Waals surface area contributed by atoms with Crippen molar-refractivity contribution in [3.8, 4) is 0 Å². The molecule has 3 nitrogen and oxygen atoms in total. The molecule has 0 amide bonds. The van der Waals surface area contributed by atoms with Crippen LogP contribution < -0.4 is 0 Å². The zero-order valence-electron chi connectivity index (χ0n) is 9.60. The number of rotatable bonds is 2. The Morgan fingerprint density at radius 2 is 1.32 bits per heavy atom. The van der Waals surface area contributed by atoms with Crippen LogP contribution in [-0.2, 0) is 4.74 Å². The standard InChI is InChI=1S/C14H8Cl2O3/c15-11-6-10(7-12(16)8-11)14(18)19-13(17)9-4-2-1-3-5-9/h1-8H. The zero-order valence-corrected chi connectivity index (χ0v) is 11.1. The van der Waals surface area contributed by atoms with Crippen LogP contribution in [0.1, 0.15) is 20.7 Å². The average Bonchev–Trinajstić information content (AvgIpc) is 2.38. The van der Waals surface area contributed by atoms with Gasteiger partial charge in [-0.1, -0.05) is 41.4 Å². The van der Waals surface area contributed by atoms with Crippen molar-refractivity contribution in [1.29, 1.82) is 0 Å². The van der Waals surface area contributed by atoms with Crippen molar-refractivity contribution in [3.63, 3.8) is 0 Å². The Morgan fingerprint density at radius 1 is 0.789 bits per heavy atom. The zero-order chi connectivity index (χ0) is 13.8. The maximum Gasteiger partial charge on any atom is 0.346 e. The molecule has 0 N–H and O–H groups in total. The fourth-order valence-electron chi connectivity index (χ4n) is 1.45. The van der Waals surface area contributed by atoms with Crippen LogP contribution in [0.2, 0.25) is 10.0 Å². The van der Waals surface area contributed by atoms with Gasteiger partial charge in [0.05, 0.1) is 11.1 Å². The van der Waals surface area contributed by atoms with Crippen molar-refractivity contribution in [2.75, 3.05) is 0 Å². The monoisotopic (exact) mass is 294 g/mol. The summed E-state index contributed by atoms with van der Waals surface area (Å²) in [7, 11) is 0. The van der Waals surface area contributed by atoms with Crippen molar-refractivity contribution in [2.45, 2.75) is 0 Å². The lowest BCUT2D eigenvalue weighted by atomic mass is 10.2.